The van der Waals surface area contributed by atoms with Gasteiger partial charge in [0.1, 0.15) is 5.82 Å². The first kappa shape index (κ1) is 13.6. The van der Waals surface area contributed by atoms with Crippen LogP contribution in [-0.2, 0) is 6.54 Å². The molecule has 0 atom stereocenters. The number of imidazole rings is 1. The third-order valence-corrected chi connectivity index (χ3v) is 3.83. The molecule has 4 heteroatoms. The highest BCUT2D eigenvalue weighted by Gasteiger charge is 2.12. The van der Waals surface area contributed by atoms with E-state index in [1.165, 1.54) is 0 Å². The molecular formula is C17H18FN3. The number of nitrogens with zero attached hydrogens (tertiary/aromatic N) is 2. The molecule has 108 valence electrons. The van der Waals surface area contributed by atoms with Crippen LogP contribution < -0.4 is 5.73 Å². The lowest BCUT2D eigenvalue weighted by Gasteiger charge is -2.11. The van der Waals surface area contributed by atoms with Gasteiger partial charge in [-0.25, -0.2) is 9.37 Å². The van der Waals surface area contributed by atoms with E-state index in [4.69, 9.17) is 5.73 Å². The first-order valence-electron chi connectivity index (χ1n) is 6.94. The first-order chi connectivity index (χ1) is 9.97. The van der Waals surface area contributed by atoms with Crippen LogP contribution in [0, 0.1) is 26.6 Å². The maximum absolute atomic E-state index is 13.7. The number of para-hydroxylation sites is 1. The fourth-order valence-corrected chi connectivity index (χ4v) is 2.85. The molecule has 0 unspecified atom stereocenters. The fraction of sp³-hybridized carbons (Fsp3) is 0.235. The summed E-state index contributed by atoms with van der Waals surface area (Å²) in [5.41, 5.74) is 11.5. The third kappa shape index (κ3) is 2.27. The molecule has 1 aromatic heterocycles. The summed E-state index contributed by atoms with van der Waals surface area (Å²) in [5.74, 6) is 0.345. The Morgan fingerprint density at radius 3 is 2.43 bits per heavy atom. The molecule has 2 N–H and O–H groups in total. The maximum atomic E-state index is 13.7. The van der Waals surface area contributed by atoms with Crippen molar-refractivity contribution in [2.24, 2.45) is 0 Å². The average Bonchev–Trinajstić information content (AvgIpc) is 2.74. The van der Waals surface area contributed by atoms with Crippen LogP contribution in [0.15, 0.2) is 30.3 Å². The van der Waals surface area contributed by atoms with Crippen LogP contribution in [0.2, 0.25) is 0 Å². The number of nitrogen functional groups attached to an aromatic ring is 1. The normalized spacial score (nSPS) is 11.2. The largest absolute Gasteiger partial charge is 0.369 e. The molecule has 0 saturated heterocycles. The van der Waals surface area contributed by atoms with E-state index < -0.39 is 0 Å². The molecule has 2 aromatic carbocycles. The SMILES string of the molecule is Cc1cc(Cn2c(N)nc3cccc(C)c32)cc(C)c1F. The molecule has 0 amide bonds. The zero-order valence-electron chi connectivity index (χ0n) is 12.4. The zero-order chi connectivity index (χ0) is 15.1. The van der Waals surface area contributed by atoms with Crippen molar-refractivity contribution in [2.75, 3.05) is 5.73 Å². The molecule has 3 nitrogen and oxygen atoms in total. The van der Waals surface area contributed by atoms with Crippen LogP contribution in [0.3, 0.4) is 0 Å². The number of rotatable bonds is 2. The van der Waals surface area contributed by atoms with Crippen LogP contribution >= 0.6 is 0 Å². The van der Waals surface area contributed by atoms with Crippen molar-refractivity contribution in [1.82, 2.24) is 9.55 Å². The molecule has 0 radical (unpaired) electrons. The van der Waals surface area contributed by atoms with Gasteiger partial charge in [0.05, 0.1) is 17.6 Å². The molecule has 0 aliphatic carbocycles. The van der Waals surface area contributed by atoms with Gasteiger partial charge in [0.15, 0.2) is 0 Å². The number of hydrogen-bond donors (Lipinski definition) is 1. The summed E-state index contributed by atoms with van der Waals surface area (Å²) < 4.78 is 15.7. The van der Waals surface area contributed by atoms with Gasteiger partial charge < -0.3 is 10.3 Å². The molecule has 3 rings (SSSR count). The van der Waals surface area contributed by atoms with Crippen LogP contribution in [0.4, 0.5) is 10.3 Å². The number of anilines is 1. The van der Waals surface area contributed by atoms with Crippen molar-refractivity contribution in [2.45, 2.75) is 27.3 Å². The number of nitrogens with two attached hydrogens (primary N) is 1. The van der Waals surface area contributed by atoms with E-state index in [9.17, 15) is 4.39 Å². The van der Waals surface area contributed by atoms with Gasteiger partial charge in [0.2, 0.25) is 5.95 Å². The molecule has 0 spiro atoms. The van der Waals surface area contributed by atoms with Crippen molar-refractivity contribution < 1.29 is 4.39 Å². The quantitative estimate of drug-likeness (QED) is 0.778. The zero-order valence-corrected chi connectivity index (χ0v) is 12.4. The number of fused-ring (bicyclic) bond motifs is 1. The lowest BCUT2D eigenvalue weighted by atomic mass is 10.1. The Bertz CT molecular complexity index is 810. The van der Waals surface area contributed by atoms with E-state index in [0.717, 1.165) is 22.2 Å². The highest BCUT2D eigenvalue weighted by Crippen LogP contribution is 2.24. The summed E-state index contributed by atoms with van der Waals surface area (Å²) in [4.78, 5) is 4.40. The van der Waals surface area contributed by atoms with Crippen molar-refractivity contribution in [1.29, 1.82) is 0 Å². The van der Waals surface area contributed by atoms with Gasteiger partial charge in [0.25, 0.3) is 0 Å². The molecule has 0 aliphatic rings. The number of aryl methyl sites for hydroxylation is 3. The first-order valence-corrected chi connectivity index (χ1v) is 6.94. The van der Waals surface area contributed by atoms with Gasteiger partial charge in [0, 0.05) is 0 Å². The summed E-state index contributed by atoms with van der Waals surface area (Å²) >= 11 is 0. The maximum Gasteiger partial charge on any atom is 0.201 e. The van der Waals surface area contributed by atoms with E-state index in [1.807, 2.05) is 41.8 Å². The summed E-state index contributed by atoms with van der Waals surface area (Å²) in [5, 5.41) is 0. The minimum Gasteiger partial charge on any atom is -0.369 e. The van der Waals surface area contributed by atoms with Gasteiger partial charge in [-0.1, -0.05) is 24.3 Å². The molecule has 1 heterocycles. The summed E-state index contributed by atoms with van der Waals surface area (Å²) in [6, 6.07) is 9.70. The molecule has 3 aromatic rings. The highest BCUT2D eigenvalue weighted by atomic mass is 19.1. The second-order valence-corrected chi connectivity index (χ2v) is 5.54. The minimum atomic E-state index is -0.140. The highest BCUT2D eigenvalue weighted by molar-refractivity contribution is 5.81. The standard InChI is InChI=1S/C17H18FN3/c1-10-5-4-6-14-16(10)21(17(19)20-14)9-13-7-11(2)15(18)12(3)8-13/h4-8H,9H2,1-3H3,(H2,19,20). The predicted octanol–water partition coefficient (Wildman–Crippen LogP) is 3.73. The molecule has 0 fully saturated rings. The smallest absolute Gasteiger partial charge is 0.201 e. The van der Waals surface area contributed by atoms with Crippen LogP contribution in [0.1, 0.15) is 22.3 Å². The number of halogens is 1. The predicted molar refractivity (Wildman–Crippen MR) is 83.9 cm³/mol. The lowest BCUT2D eigenvalue weighted by molar-refractivity contribution is 0.607. The van der Waals surface area contributed by atoms with Crippen LogP contribution in [0.25, 0.3) is 11.0 Å². The van der Waals surface area contributed by atoms with Gasteiger partial charge in [-0.3, -0.25) is 0 Å². The van der Waals surface area contributed by atoms with Crippen LogP contribution in [-0.4, -0.2) is 9.55 Å². The monoisotopic (exact) mass is 283 g/mol. The Morgan fingerprint density at radius 2 is 1.76 bits per heavy atom. The van der Waals surface area contributed by atoms with Gasteiger partial charge >= 0.3 is 0 Å². The molecular weight excluding hydrogens is 265 g/mol. The van der Waals surface area contributed by atoms with Crippen molar-refractivity contribution in [3.8, 4) is 0 Å². The van der Waals surface area contributed by atoms with E-state index in [0.29, 0.717) is 23.6 Å². The average molecular weight is 283 g/mol. The van der Waals surface area contributed by atoms with Gasteiger partial charge in [-0.05, 0) is 49.1 Å². The number of benzene rings is 2. The third-order valence-electron chi connectivity index (χ3n) is 3.83. The van der Waals surface area contributed by atoms with E-state index in [-0.39, 0.29) is 5.82 Å². The summed E-state index contributed by atoms with van der Waals surface area (Å²) in [6.45, 7) is 6.20. The van der Waals surface area contributed by atoms with Crippen molar-refractivity contribution >= 4 is 17.0 Å². The Kier molecular flexibility index (Phi) is 3.16. The van der Waals surface area contributed by atoms with Crippen molar-refractivity contribution in [3.05, 3.63) is 58.4 Å². The fourth-order valence-electron chi connectivity index (χ4n) is 2.85. The second-order valence-electron chi connectivity index (χ2n) is 5.54. The Labute approximate surface area is 123 Å². The Morgan fingerprint density at radius 1 is 1.10 bits per heavy atom. The van der Waals surface area contributed by atoms with Gasteiger partial charge in [-0.2, -0.15) is 0 Å². The molecule has 0 bridgehead atoms. The Balaban J connectivity index is 2.12. The number of aromatic nitrogens is 2. The summed E-state index contributed by atoms with van der Waals surface area (Å²) in [6.07, 6.45) is 0. The van der Waals surface area contributed by atoms with E-state index in [2.05, 4.69) is 4.98 Å². The number of hydrogen-bond acceptors (Lipinski definition) is 2. The Hall–Kier alpha value is -2.36. The molecule has 0 aliphatic heterocycles. The van der Waals surface area contributed by atoms with Gasteiger partial charge in [-0.15, -0.1) is 0 Å². The van der Waals surface area contributed by atoms with E-state index >= 15 is 0 Å². The molecule has 21 heavy (non-hydrogen) atoms. The van der Waals surface area contributed by atoms with Crippen molar-refractivity contribution in [3.63, 3.8) is 0 Å². The lowest BCUT2D eigenvalue weighted by Crippen LogP contribution is -2.06. The van der Waals surface area contributed by atoms with Crippen LogP contribution in [0.5, 0.6) is 0 Å². The van der Waals surface area contributed by atoms with E-state index in [1.54, 1.807) is 13.8 Å². The second kappa shape index (κ2) is 4.88. The minimum absolute atomic E-state index is 0.140. The summed E-state index contributed by atoms with van der Waals surface area (Å²) in [7, 11) is 0. The molecule has 0 saturated carbocycles. The topological polar surface area (TPSA) is 43.8 Å².